The van der Waals surface area contributed by atoms with Gasteiger partial charge in [-0.2, -0.15) is 0 Å². The molecule has 6 heteroatoms. The number of benzene rings is 1. The standard InChI is InChI=1S/C16H18ClN3O2/c1-16(2,11-3-5-12(17)6-4-11)20-15(22)8-7-14-18-9-13(10-21)19-14/h3-6,9-10H,7-8H2,1-2H3,(H,18,19)(H,20,22). The number of nitrogens with zero attached hydrogens (tertiary/aromatic N) is 1. The smallest absolute Gasteiger partial charge is 0.221 e. The number of carbonyl (C=O) groups is 2. The molecule has 0 unspecified atom stereocenters. The minimum Gasteiger partial charge on any atom is -0.347 e. The van der Waals surface area contributed by atoms with Gasteiger partial charge < -0.3 is 10.3 Å². The highest BCUT2D eigenvalue weighted by molar-refractivity contribution is 6.30. The molecule has 2 N–H and O–H groups in total. The summed E-state index contributed by atoms with van der Waals surface area (Å²) in [5.74, 6) is 0.547. The lowest BCUT2D eigenvalue weighted by Crippen LogP contribution is -2.41. The van der Waals surface area contributed by atoms with Crippen LogP contribution in [0.4, 0.5) is 0 Å². The van der Waals surface area contributed by atoms with Crippen molar-refractivity contribution >= 4 is 23.8 Å². The summed E-state index contributed by atoms with van der Waals surface area (Å²) < 4.78 is 0. The molecule has 0 spiro atoms. The third-order valence-corrected chi connectivity index (χ3v) is 3.63. The van der Waals surface area contributed by atoms with Crippen LogP contribution in [0.3, 0.4) is 0 Å². The average Bonchev–Trinajstić information content (AvgIpc) is 2.93. The molecule has 2 aromatic rings. The van der Waals surface area contributed by atoms with Crippen molar-refractivity contribution in [3.05, 3.63) is 52.6 Å². The Morgan fingerprint density at radius 3 is 2.64 bits per heavy atom. The number of carbonyl (C=O) groups excluding carboxylic acids is 2. The summed E-state index contributed by atoms with van der Waals surface area (Å²) in [5.41, 5.74) is 0.905. The number of aromatic nitrogens is 2. The van der Waals surface area contributed by atoms with E-state index in [1.807, 2.05) is 26.0 Å². The van der Waals surface area contributed by atoms with Crippen LogP contribution in [0.1, 0.15) is 42.1 Å². The van der Waals surface area contributed by atoms with Crippen LogP contribution in [0.2, 0.25) is 5.02 Å². The first kappa shape index (κ1) is 16.2. The molecule has 5 nitrogen and oxygen atoms in total. The summed E-state index contributed by atoms with van der Waals surface area (Å²) in [4.78, 5) is 29.6. The van der Waals surface area contributed by atoms with Crippen LogP contribution in [-0.2, 0) is 16.8 Å². The maximum Gasteiger partial charge on any atom is 0.221 e. The molecule has 0 fully saturated rings. The molecule has 1 aromatic heterocycles. The van der Waals surface area contributed by atoms with Crippen LogP contribution in [0.5, 0.6) is 0 Å². The Morgan fingerprint density at radius 2 is 2.05 bits per heavy atom. The molecule has 0 saturated carbocycles. The third kappa shape index (κ3) is 4.18. The summed E-state index contributed by atoms with van der Waals surface area (Å²) in [6.07, 6.45) is 2.90. The molecule has 0 bridgehead atoms. The van der Waals surface area contributed by atoms with Crippen LogP contribution < -0.4 is 5.32 Å². The van der Waals surface area contributed by atoms with Crippen molar-refractivity contribution in [3.8, 4) is 0 Å². The molecule has 1 aromatic carbocycles. The first-order valence-corrected chi connectivity index (χ1v) is 7.34. The molecule has 0 aliphatic carbocycles. The summed E-state index contributed by atoms with van der Waals surface area (Å²) in [7, 11) is 0. The summed E-state index contributed by atoms with van der Waals surface area (Å²) in [6.45, 7) is 3.87. The van der Waals surface area contributed by atoms with Gasteiger partial charge in [-0.3, -0.25) is 9.59 Å². The zero-order valence-electron chi connectivity index (χ0n) is 12.5. The largest absolute Gasteiger partial charge is 0.347 e. The van der Waals surface area contributed by atoms with Gasteiger partial charge in [0.15, 0.2) is 6.29 Å². The molecule has 0 aliphatic heterocycles. The molecular weight excluding hydrogens is 302 g/mol. The maximum atomic E-state index is 12.1. The van der Waals surface area contributed by atoms with Crippen LogP contribution in [-0.4, -0.2) is 22.2 Å². The molecule has 2 rings (SSSR count). The van der Waals surface area contributed by atoms with Crippen LogP contribution in [0.15, 0.2) is 30.5 Å². The van der Waals surface area contributed by atoms with Gasteiger partial charge in [-0.25, -0.2) is 4.98 Å². The lowest BCUT2D eigenvalue weighted by molar-refractivity contribution is -0.122. The van der Waals surface area contributed by atoms with E-state index in [9.17, 15) is 9.59 Å². The monoisotopic (exact) mass is 319 g/mol. The minimum atomic E-state index is -0.487. The highest BCUT2D eigenvalue weighted by Crippen LogP contribution is 2.22. The Balaban J connectivity index is 1.92. The zero-order valence-corrected chi connectivity index (χ0v) is 13.3. The van der Waals surface area contributed by atoms with E-state index < -0.39 is 5.54 Å². The van der Waals surface area contributed by atoms with Gasteiger partial charge >= 0.3 is 0 Å². The van der Waals surface area contributed by atoms with Gasteiger partial charge in [-0.15, -0.1) is 0 Å². The highest BCUT2D eigenvalue weighted by Gasteiger charge is 2.22. The van der Waals surface area contributed by atoms with Crippen LogP contribution >= 0.6 is 11.6 Å². The number of imidazole rings is 1. The van der Waals surface area contributed by atoms with Gasteiger partial charge in [-0.05, 0) is 31.5 Å². The first-order valence-electron chi connectivity index (χ1n) is 6.97. The van der Waals surface area contributed by atoms with Gasteiger partial charge in [-0.1, -0.05) is 23.7 Å². The maximum absolute atomic E-state index is 12.1. The van der Waals surface area contributed by atoms with Crippen molar-refractivity contribution < 1.29 is 9.59 Å². The van der Waals surface area contributed by atoms with Gasteiger partial charge in [0, 0.05) is 17.9 Å². The fourth-order valence-corrected chi connectivity index (χ4v) is 2.27. The highest BCUT2D eigenvalue weighted by atomic mass is 35.5. The summed E-state index contributed by atoms with van der Waals surface area (Å²) in [6, 6.07) is 7.39. The molecule has 1 heterocycles. The second-order valence-corrected chi connectivity index (χ2v) is 6.02. The van der Waals surface area contributed by atoms with Crippen molar-refractivity contribution in [2.24, 2.45) is 0 Å². The van der Waals surface area contributed by atoms with Crippen molar-refractivity contribution in [3.63, 3.8) is 0 Å². The Labute approximate surface area is 134 Å². The predicted octanol–water partition coefficient (Wildman–Crippen LogP) is 2.86. The molecular formula is C16H18ClN3O2. The van der Waals surface area contributed by atoms with E-state index in [4.69, 9.17) is 11.6 Å². The van der Waals surface area contributed by atoms with Crippen LogP contribution in [0, 0.1) is 0 Å². The van der Waals surface area contributed by atoms with E-state index in [-0.39, 0.29) is 5.91 Å². The molecule has 0 saturated heterocycles. The van der Waals surface area contributed by atoms with Crippen LogP contribution in [0.25, 0.3) is 0 Å². The number of halogens is 1. The Kier molecular flexibility index (Phi) is 4.98. The van der Waals surface area contributed by atoms with E-state index in [1.165, 1.54) is 6.20 Å². The van der Waals surface area contributed by atoms with Gasteiger partial charge in [0.05, 0.1) is 17.4 Å². The van der Waals surface area contributed by atoms with Crippen molar-refractivity contribution in [2.45, 2.75) is 32.2 Å². The van der Waals surface area contributed by atoms with E-state index in [1.54, 1.807) is 12.1 Å². The molecule has 116 valence electrons. The zero-order chi connectivity index (χ0) is 16.2. The fourth-order valence-electron chi connectivity index (χ4n) is 2.15. The number of rotatable bonds is 6. The summed E-state index contributed by atoms with van der Waals surface area (Å²) in [5, 5.41) is 3.65. The molecule has 0 atom stereocenters. The molecule has 0 aliphatic rings. The number of amides is 1. The number of hydrogen-bond acceptors (Lipinski definition) is 3. The average molecular weight is 320 g/mol. The first-order chi connectivity index (χ1) is 10.4. The molecule has 1 amide bonds. The number of nitrogens with one attached hydrogen (secondary N) is 2. The third-order valence-electron chi connectivity index (χ3n) is 3.38. The van der Waals surface area contributed by atoms with Crippen molar-refractivity contribution in [1.82, 2.24) is 15.3 Å². The Bertz CT molecular complexity index is 662. The van der Waals surface area contributed by atoms with Gasteiger partial charge in [0.2, 0.25) is 5.91 Å². The Morgan fingerprint density at radius 1 is 1.36 bits per heavy atom. The minimum absolute atomic E-state index is 0.0796. The van der Waals surface area contributed by atoms with Gasteiger partial charge in [0.1, 0.15) is 5.82 Å². The number of aromatic amines is 1. The predicted molar refractivity (Wildman–Crippen MR) is 84.9 cm³/mol. The van der Waals surface area contributed by atoms with E-state index in [0.717, 1.165) is 5.56 Å². The number of H-pyrrole nitrogens is 1. The normalized spacial score (nSPS) is 11.2. The second kappa shape index (κ2) is 6.75. The fraction of sp³-hybridized carbons (Fsp3) is 0.312. The topological polar surface area (TPSA) is 74.8 Å². The van der Waals surface area contributed by atoms with E-state index in [0.29, 0.717) is 35.7 Å². The Hall–Kier alpha value is -2.14. The quantitative estimate of drug-likeness (QED) is 0.804. The number of aldehydes is 1. The van der Waals surface area contributed by atoms with Gasteiger partial charge in [0.25, 0.3) is 0 Å². The SMILES string of the molecule is CC(C)(NC(=O)CCc1ncc(C=O)[nH]1)c1ccc(Cl)cc1. The van der Waals surface area contributed by atoms with Crippen molar-refractivity contribution in [2.75, 3.05) is 0 Å². The van der Waals surface area contributed by atoms with Crippen molar-refractivity contribution in [1.29, 1.82) is 0 Å². The summed E-state index contributed by atoms with van der Waals surface area (Å²) >= 11 is 5.88. The molecule has 22 heavy (non-hydrogen) atoms. The lowest BCUT2D eigenvalue weighted by Gasteiger charge is -2.27. The lowest BCUT2D eigenvalue weighted by atomic mass is 9.94. The van der Waals surface area contributed by atoms with E-state index >= 15 is 0 Å². The number of aryl methyl sites for hydroxylation is 1. The molecule has 0 radical (unpaired) electrons. The number of hydrogen-bond donors (Lipinski definition) is 2. The second-order valence-electron chi connectivity index (χ2n) is 5.58. The van der Waals surface area contributed by atoms with E-state index in [2.05, 4.69) is 15.3 Å².